The highest BCUT2D eigenvalue weighted by Gasteiger charge is 2.33. The van der Waals surface area contributed by atoms with Gasteiger partial charge in [-0.05, 0) is 105 Å². The van der Waals surface area contributed by atoms with Crippen molar-refractivity contribution in [1.29, 1.82) is 0 Å². The van der Waals surface area contributed by atoms with Crippen LogP contribution in [-0.2, 0) is 47.3 Å². The third-order valence-corrected chi connectivity index (χ3v) is 17.9. The monoisotopic (exact) mass is 1170 g/mol. The Hall–Kier alpha value is -8.88. The average molecular weight is 1170 g/mol. The summed E-state index contributed by atoms with van der Waals surface area (Å²) >= 11 is 0. The number of nitrogens with zero attached hydrogens (tertiary/aromatic N) is 4. The van der Waals surface area contributed by atoms with Crippen molar-refractivity contribution in [3.05, 3.63) is 228 Å². The maximum absolute atomic E-state index is 6.45. The van der Waals surface area contributed by atoms with Gasteiger partial charge in [-0.15, -0.1) is 0 Å². The van der Waals surface area contributed by atoms with Crippen molar-refractivity contribution in [3.8, 4) is 0 Å². The van der Waals surface area contributed by atoms with Crippen molar-refractivity contribution in [2.75, 3.05) is 19.6 Å². The molecule has 8 heteroatoms. The number of aryl methyl sites for hydroxylation is 4. The third-order valence-electron chi connectivity index (χ3n) is 17.9. The molecule has 4 heterocycles. The van der Waals surface area contributed by atoms with Crippen LogP contribution in [0.3, 0.4) is 0 Å². The van der Waals surface area contributed by atoms with Gasteiger partial charge in [0.15, 0.2) is 0 Å². The summed E-state index contributed by atoms with van der Waals surface area (Å²) in [6.07, 6.45) is 10.2. The molecule has 0 amide bonds. The minimum atomic E-state index is -0.0541. The summed E-state index contributed by atoms with van der Waals surface area (Å²) in [4.78, 5) is 9.75. The van der Waals surface area contributed by atoms with E-state index in [1.165, 1.54) is 22.3 Å². The second-order valence-corrected chi connectivity index (χ2v) is 27.8. The van der Waals surface area contributed by atoms with E-state index in [0.717, 1.165) is 124 Å². The molecular weight excluding hydrogens is 1080 g/mol. The van der Waals surface area contributed by atoms with Crippen LogP contribution in [-0.4, -0.2) is 0 Å². The molecular formula is C80H86N4O4. The molecule has 4 aromatic heterocycles. The molecule has 0 unspecified atom stereocenters. The van der Waals surface area contributed by atoms with Crippen LogP contribution >= 0.6 is 0 Å². The molecule has 0 saturated heterocycles. The van der Waals surface area contributed by atoms with Crippen LogP contribution in [0, 0.1) is 0 Å². The van der Waals surface area contributed by atoms with Gasteiger partial charge >= 0.3 is 0 Å². The summed E-state index contributed by atoms with van der Waals surface area (Å²) in [5, 5.41) is 6.60. The van der Waals surface area contributed by atoms with E-state index in [4.69, 9.17) is 17.7 Å². The molecule has 450 valence electrons. The summed E-state index contributed by atoms with van der Waals surface area (Å²) in [5.74, 6) is 3.59. The minimum Gasteiger partial charge on any atom is -0.467 e. The predicted octanol–water partition coefficient (Wildman–Crippen LogP) is 24.3. The maximum Gasteiger partial charge on any atom is 0.127 e. The van der Waals surface area contributed by atoms with E-state index in [-0.39, 0.29) is 21.7 Å². The molecule has 12 rings (SSSR count). The summed E-state index contributed by atoms with van der Waals surface area (Å²) in [6, 6.07) is 59.5. The molecule has 88 heavy (non-hydrogen) atoms. The number of furan rings is 4. The highest BCUT2D eigenvalue weighted by molar-refractivity contribution is 6.33. The molecule has 0 spiro atoms. The fourth-order valence-corrected chi connectivity index (χ4v) is 12.9. The van der Waals surface area contributed by atoms with Crippen molar-refractivity contribution in [2.24, 2.45) is 0 Å². The number of hydrogen-bond donors (Lipinski definition) is 0. The lowest BCUT2D eigenvalue weighted by molar-refractivity contribution is 0.516. The van der Waals surface area contributed by atoms with Gasteiger partial charge < -0.3 is 37.3 Å². The van der Waals surface area contributed by atoms with E-state index in [1.54, 1.807) is 0 Å². The van der Waals surface area contributed by atoms with Gasteiger partial charge in [0.1, 0.15) is 23.0 Å². The van der Waals surface area contributed by atoms with E-state index in [9.17, 15) is 0 Å². The summed E-state index contributed by atoms with van der Waals surface area (Å²) in [6.45, 7) is 36.0. The van der Waals surface area contributed by atoms with Crippen LogP contribution in [0.2, 0.25) is 0 Å². The number of benzene rings is 8. The van der Waals surface area contributed by atoms with Gasteiger partial charge in [0.05, 0.1) is 70.6 Å². The molecule has 12 aromatic rings. The van der Waals surface area contributed by atoms with Crippen LogP contribution < -0.4 is 19.6 Å². The lowest BCUT2D eigenvalue weighted by Gasteiger charge is -2.34. The minimum absolute atomic E-state index is 0.0541. The normalized spacial score (nSPS) is 12.5. The van der Waals surface area contributed by atoms with Crippen molar-refractivity contribution in [3.63, 3.8) is 0 Å². The second-order valence-electron chi connectivity index (χ2n) is 27.8. The molecule has 0 atom stereocenters. The lowest BCUT2D eigenvalue weighted by atomic mass is 9.86. The number of hydrogen-bond acceptors (Lipinski definition) is 8. The Balaban J connectivity index is 1.29. The molecule has 0 N–H and O–H groups in total. The standard InChI is InChI=1S/C80H86N4O4/c1-17-71-63(41-45-85-71)81(55-29-21-51(22-30-55)77(5,6)7)67-49-68(82(64-42-46-86-72(64)18-2)56-31-23-52(24-32-56)78(8,9)10)60-39-40-62-70(84(66-44-48-88-74(66)20-4)58-35-27-54(28-36-58)80(14,15)16)50-69(61-38-37-59(67)75(60)76(61)62)83(65-43-47-87-73(65)19-3)57-33-25-53(26-34-57)79(11,12)13/h21-50H,17-20H2,1-16H3. The number of anilines is 12. The zero-order chi connectivity index (χ0) is 62.2. The van der Waals surface area contributed by atoms with Crippen molar-refractivity contribution in [2.45, 2.75) is 158 Å². The Morgan fingerprint density at radius 3 is 0.614 bits per heavy atom. The molecule has 0 saturated carbocycles. The molecule has 0 bridgehead atoms. The van der Waals surface area contributed by atoms with Crippen molar-refractivity contribution in [1.82, 2.24) is 0 Å². The first kappa shape index (κ1) is 59.5. The first-order valence-corrected chi connectivity index (χ1v) is 31.7. The van der Waals surface area contributed by atoms with E-state index >= 15 is 0 Å². The maximum atomic E-state index is 6.45. The largest absolute Gasteiger partial charge is 0.467 e. The summed E-state index contributed by atoms with van der Waals surface area (Å²) in [7, 11) is 0. The lowest BCUT2D eigenvalue weighted by Crippen LogP contribution is -2.17. The van der Waals surface area contributed by atoms with E-state index in [1.807, 2.05) is 25.1 Å². The van der Waals surface area contributed by atoms with Gasteiger partial charge in [0.25, 0.3) is 0 Å². The zero-order valence-electron chi connectivity index (χ0n) is 54.6. The highest BCUT2D eigenvalue weighted by atomic mass is 16.3. The fraction of sp³-hybridized carbons (Fsp3) is 0.300. The Bertz CT molecular complexity index is 3850. The molecule has 0 aliphatic rings. The smallest absolute Gasteiger partial charge is 0.127 e. The van der Waals surface area contributed by atoms with Gasteiger partial charge in [-0.3, -0.25) is 0 Å². The van der Waals surface area contributed by atoms with Crippen LogP contribution in [0.15, 0.2) is 200 Å². The Kier molecular flexibility index (Phi) is 15.3. The first-order valence-electron chi connectivity index (χ1n) is 31.7. The van der Waals surface area contributed by atoms with Crippen LogP contribution in [0.4, 0.5) is 68.2 Å². The molecule has 0 radical (unpaired) electrons. The molecule has 0 aliphatic carbocycles. The van der Waals surface area contributed by atoms with Gasteiger partial charge in [0.2, 0.25) is 0 Å². The second kappa shape index (κ2) is 22.7. The van der Waals surface area contributed by atoms with Gasteiger partial charge in [-0.2, -0.15) is 0 Å². The predicted molar refractivity (Wildman–Crippen MR) is 370 cm³/mol. The molecule has 0 fully saturated rings. The van der Waals surface area contributed by atoms with Crippen LogP contribution in [0.1, 0.15) is 156 Å². The quantitative estimate of drug-likeness (QED) is 0.0887. The zero-order valence-corrected chi connectivity index (χ0v) is 54.6. The Labute approximate surface area is 521 Å². The summed E-state index contributed by atoms with van der Waals surface area (Å²) in [5.41, 5.74) is 16.9. The third kappa shape index (κ3) is 10.6. The molecule has 8 nitrogen and oxygen atoms in total. The van der Waals surface area contributed by atoms with Crippen molar-refractivity contribution >= 4 is 101 Å². The van der Waals surface area contributed by atoms with Crippen LogP contribution in [0.25, 0.3) is 32.3 Å². The van der Waals surface area contributed by atoms with Crippen LogP contribution in [0.5, 0.6) is 0 Å². The van der Waals surface area contributed by atoms with Gasteiger partial charge in [-0.25, -0.2) is 0 Å². The Morgan fingerprint density at radius 2 is 0.443 bits per heavy atom. The average Bonchev–Trinajstić information content (AvgIpc) is 0.900. The number of rotatable bonds is 16. The van der Waals surface area contributed by atoms with Gasteiger partial charge in [0, 0.05) is 105 Å². The molecule has 0 aliphatic heterocycles. The first-order chi connectivity index (χ1) is 42.0. The fourth-order valence-electron chi connectivity index (χ4n) is 12.9. The Morgan fingerprint density at radius 1 is 0.250 bits per heavy atom. The van der Waals surface area contributed by atoms with Crippen molar-refractivity contribution < 1.29 is 17.7 Å². The highest BCUT2D eigenvalue weighted by Crippen LogP contribution is 2.56. The summed E-state index contributed by atoms with van der Waals surface area (Å²) < 4.78 is 25.8. The van der Waals surface area contributed by atoms with Gasteiger partial charge in [-0.1, -0.05) is 184 Å². The van der Waals surface area contributed by atoms with E-state index < -0.39 is 0 Å². The SMILES string of the molecule is CCc1occc1N(c1ccc(C(C)(C)C)cc1)c1cc(N(c2ccc(C(C)(C)C)cc2)c2ccoc2CC)c2ccc3c(N(c4ccc(C(C)(C)C)cc4)c4ccoc4CC)cc(N(c4ccc(C(C)(C)C)cc4)c4ccoc4CC)c4ccc1c2c43. The molecule has 8 aromatic carbocycles. The van der Waals surface area contributed by atoms with E-state index in [2.05, 4.69) is 288 Å². The van der Waals surface area contributed by atoms with E-state index in [0.29, 0.717) is 25.7 Å². The topological polar surface area (TPSA) is 65.5 Å².